The molecule has 1 aliphatic carbocycles. The number of hydrogen-bond acceptors (Lipinski definition) is 2. The topological polar surface area (TPSA) is 41.1 Å². The highest BCUT2D eigenvalue weighted by Gasteiger charge is 2.23. The van der Waals surface area contributed by atoms with E-state index in [9.17, 15) is 9.18 Å². The molecule has 1 aromatic rings. The van der Waals surface area contributed by atoms with Gasteiger partial charge in [-0.25, -0.2) is 4.39 Å². The highest BCUT2D eigenvalue weighted by atomic mass is 19.1. The van der Waals surface area contributed by atoms with Crippen molar-refractivity contribution < 1.29 is 9.18 Å². The summed E-state index contributed by atoms with van der Waals surface area (Å²) in [5.41, 5.74) is 0.498. The van der Waals surface area contributed by atoms with Gasteiger partial charge in [-0.3, -0.25) is 4.79 Å². The van der Waals surface area contributed by atoms with Gasteiger partial charge in [-0.05, 0) is 43.9 Å². The molecule has 0 aromatic heterocycles. The van der Waals surface area contributed by atoms with Crippen molar-refractivity contribution in [3.63, 3.8) is 0 Å². The van der Waals surface area contributed by atoms with Crippen molar-refractivity contribution >= 4 is 11.6 Å². The molecule has 2 rings (SSSR count). The Labute approximate surface area is 107 Å². The molecule has 0 aliphatic heterocycles. The molecular weight excluding hydrogens is 231 g/mol. The van der Waals surface area contributed by atoms with Crippen LogP contribution in [0.15, 0.2) is 24.3 Å². The minimum Gasteiger partial charge on any atom is -0.325 e. The molecule has 1 amide bonds. The smallest absolute Gasteiger partial charge is 0.238 e. The van der Waals surface area contributed by atoms with Gasteiger partial charge in [0.05, 0.1) is 6.54 Å². The van der Waals surface area contributed by atoms with Gasteiger partial charge in [0.25, 0.3) is 0 Å². The number of nitrogens with one attached hydrogen (secondary N) is 2. The van der Waals surface area contributed by atoms with E-state index in [2.05, 4.69) is 17.6 Å². The predicted octanol–water partition coefficient (Wildman–Crippen LogP) is 2.54. The molecule has 2 N–H and O–H groups in total. The fourth-order valence-corrected chi connectivity index (χ4v) is 2.13. The van der Waals surface area contributed by atoms with E-state index in [1.54, 1.807) is 12.1 Å². The Balaban J connectivity index is 1.74. The third kappa shape index (κ3) is 3.53. The summed E-state index contributed by atoms with van der Waals surface area (Å²) in [5.74, 6) is 0.224. The van der Waals surface area contributed by atoms with E-state index in [-0.39, 0.29) is 18.3 Å². The number of amides is 1. The van der Waals surface area contributed by atoms with Crippen LogP contribution in [0.25, 0.3) is 0 Å². The Morgan fingerprint density at radius 2 is 2.28 bits per heavy atom. The number of halogens is 1. The summed E-state index contributed by atoms with van der Waals surface area (Å²) >= 11 is 0. The zero-order chi connectivity index (χ0) is 13.0. The number of rotatable bonds is 5. The van der Waals surface area contributed by atoms with Crippen molar-refractivity contribution in [1.29, 1.82) is 0 Å². The van der Waals surface area contributed by atoms with Crippen LogP contribution in [0.4, 0.5) is 10.1 Å². The largest absolute Gasteiger partial charge is 0.325 e. The second kappa shape index (κ2) is 5.96. The summed E-state index contributed by atoms with van der Waals surface area (Å²) in [4.78, 5) is 11.7. The van der Waals surface area contributed by atoms with Crippen LogP contribution < -0.4 is 10.6 Å². The third-order valence-corrected chi connectivity index (χ3v) is 3.55. The minimum atomic E-state index is -0.344. The molecule has 0 radical (unpaired) electrons. The van der Waals surface area contributed by atoms with Crippen LogP contribution in [-0.2, 0) is 4.79 Å². The Morgan fingerprint density at radius 3 is 2.89 bits per heavy atom. The summed E-state index contributed by atoms with van der Waals surface area (Å²) in [5, 5.41) is 5.89. The standard InChI is InChI=1S/C14H19FN2O/c1-10(11-4-2-5-11)16-9-14(18)17-13-7-3-6-12(15)8-13/h3,6-8,10-11,16H,2,4-5,9H2,1H3,(H,17,18). The molecule has 18 heavy (non-hydrogen) atoms. The highest BCUT2D eigenvalue weighted by molar-refractivity contribution is 5.92. The number of anilines is 1. The summed E-state index contributed by atoms with van der Waals surface area (Å²) in [6, 6.07) is 6.29. The molecule has 98 valence electrons. The summed E-state index contributed by atoms with van der Waals surface area (Å²) in [6.07, 6.45) is 3.80. The molecule has 1 aliphatic rings. The van der Waals surface area contributed by atoms with E-state index in [1.807, 2.05) is 0 Å². The lowest BCUT2D eigenvalue weighted by Crippen LogP contribution is -2.41. The maximum atomic E-state index is 12.9. The van der Waals surface area contributed by atoms with Gasteiger partial charge >= 0.3 is 0 Å². The molecule has 1 atom stereocenters. The van der Waals surface area contributed by atoms with Gasteiger partial charge in [0.2, 0.25) is 5.91 Å². The number of carbonyl (C=O) groups is 1. The fourth-order valence-electron chi connectivity index (χ4n) is 2.13. The quantitative estimate of drug-likeness (QED) is 0.843. The second-order valence-electron chi connectivity index (χ2n) is 4.92. The van der Waals surface area contributed by atoms with E-state index in [0.29, 0.717) is 17.6 Å². The molecule has 1 saturated carbocycles. The fraction of sp³-hybridized carbons (Fsp3) is 0.500. The Kier molecular flexibility index (Phi) is 4.31. The molecule has 3 nitrogen and oxygen atoms in total. The first kappa shape index (κ1) is 13.0. The van der Waals surface area contributed by atoms with Crippen molar-refractivity contribution in [3.8, 4) is 0 Å². The Bertz CT molecular complexity index is 418. The molecule has 0 heterocycles. The molecule has 0 spiro atoms. The van der Waals surface area contributed by atoms with E-state index >= 15 is 0 Å². The zero-order valence-electron chi connectivity index (χ0n) is 10.6. The summed E-state index contributed by atoms with van der Waals surface area (Å²) < 4.78 is 12.9. The Hall–Kier alpha value is -1.42. The first-order valence-electron chi connectivity index (χ1n) is 6.44. The van der Waals surface area contributed by atoms with Gasteiger partial charge in [0.15, 0.2) is 0 Å². The average Bonchev–Trinajstić information content (AvgIpc) is 2.24. The lowest BCUT2D eigenvalue weighted by atomic mass is 9.80. The Morgan fingerprint density at radius 1 is 1.50 bits per heavy atom. The van der Waals surface area contributed by atoms with Gasteiger partial charge in [-0.1, -0.05) is 12.5 Å². The first-order chi connectivity index (χ1) is 8.65. The molecule has 1 unspecified atom stereocenters. The maximum Gasteiger partial charge on any atom is 0.238 e. The van der Waals surface area contributed by atoms with Gasteiger partial charge in [-0.15, -0.1) is 0 Å². The van der Waals surface area contributed by atoms with Gasteiger partial charge in [0.1, 0.15) is 5.82 Å². The average molecular weight is 250 g/mol. The molecular formula is C14H19FN2O. The molecule has 4 heteroatoms. The summed E-state index contributed by atoms with van der Waals surface area (Å²) in [6.45, 7) is 2.38. The van der Waals surface area contributed by atoms with E-state index in [1.165, 1.54) is 31.4 Å². The highest BCUT2D eigenvalue weighted by Crippen LogP contribution is 2.29. The van der Waals surface area contributed by atoms with Crippen LogP contribution in [0.5, 0.6) is 0 Å². The number of hydrogen-bond donors (Lipinski definition) is 2. The van der Waals surface area contributed by atoms with Crippen molar-refractivity contribution in [2.45, 2.75) is 32.2 Å². The van der Waals surface area contributed by atoms with Crippen LogP contribution in [0, 0.1) is 11.7 Å². The second-order valence-corrected chi connectivity index (χ2v) is 4.92. The lowest BCUT2D eigenvalue weighted by Gasteiger charge is -2.31. The van der Waals surface area contributed by atoms with E-state index < -0.39 is 0 Å². The maximum absolute atomic E-state index is 12.9. The van der Waals surface area contributed by atoms with Crippen molar-refractivity contribution in [3.05, 3.63) is 30.1 Å². The SMILES string of the molecule is CC(NCC(=O)Nc1cccc(F)c1)C1CCC1. The van der Waals surface area contributed by atoms with Gasteiger partial charge < -0.3 is 10.6 Å². The molecule has 0 bridgehead atoms. The normalized spacial score (nSPS) is 17.0. The van der Waals surface area contributed by atoms with E-state index in [0.717, 1.165) is 0 Å². The third-order valence-electron chi connectivity index (χ3n) is 3.55. The zero-order valence-corrected chi connectivity index (χ0v) is 10.6. The van der Waals surface area contributed by atoms with Crippen LogP contribution >= 0.6 is 0 Å². The number of carbonyl (C=O) groups excluding carboxylic acids is 1. The van der Waals surface area contributed by atoms with Crippen LogP contribution in [-0.4, -0.2) is 18.5 Å². The number of benzene rings is 1. The van der Waals surface area contributed by atoms with Crippen molar-refractivity contribution in [2.75, 3.05) is 11.9 Å². The first-order valence-corrected chi connectivity index (χ1v) is 6.44. The van der Waals surface area contributed by atoms with Gasteiger partial charge in [0, 0.05) is 11.7 Å². The van der Waals surface area contributed by atoms with Crippen LogP contribution in [0.2, 0.25) is 0 Å². The van der Waals surface area contributed by atoms with Crippen LogP contribution in [0.3, 0.4) is 0 Å². The lowest BCUT2D eigenvalue weighted by molar-refractivity contribution is -0.115. The molecule has 1 fully saturated rings. The van der Waals surface area contributed by atoms with Gasteiger partial charge in [-0.2, -0.15) is 0 Å². The summed E-state index contributed by atoms with van der Waals surface area (Å²) in [7, 11) is 0. The molecule has 1 aromatic carbocycles. The minimum absolute atomic E-state index is 0.133. The monoisotopic (exact) mass is 250 g/mol. The van der Waals surface area contributed by atoms with Crippen molar-refractivity contribution in [1.82, 2.24) is 5.32 Å². The predicted molar refractivity (Wildman–Crippen MR) is 69.8 cm³/mol. The van der Waals surface area contributed by atoms with Crippen LogP contribution in [0.1, 0.15) is 26.2 Å². The van der Waals surface area contributed by atoms with Crippen molar-refractivity contribution in [2.24, 2.45) is 5.92 Å². The van der Waals surface area contributed by atoms with E-state index in [4.69, 9.17) is 0 Å². The molecule has 0 saturated heterocycles.